The van der Waals surface area contributed by atoms with Gasteiger partial charge in [-0.2, -0.15) is 12.6 Å². The first-order valence-electron chi connectivity index (χ1n) is 24.3. The van der Waals surface area contributed by atoms with Crippen LogP contribution in [-0.2, 0) is 43.2 Å². The summed E-state index contributed by atoms with van der Waals surface area (Å²) in [5.74, 6) is -5.67. The number of carboxylic acid groups (broad SMARTS) is 1. The number of aliphatic imine (C=N–C) groups is 1. The summed E-state index contributed by atoms with van der Waals surface area (Å²) in [6, 6.07) is -9.46. The molecule has 0 aliphatic carbocycles. The lowest BCUT2D eigenvalue weighted by Crippen LogP contribution is -2.59. The molecular formula is C45H81N13O10S. The fraction of sp³-hybridized carbons (Fsp3) is 0.778. The lowest BCUT2D eigenvalue weighted by atomic mass is 10.0. The first-order valence-corrected chi connectivity index (χ1v) is 24.9. The number of rotatable bonds is 30. The largest absolute Gasteiger partial charge is 0.480 e. The Morgan fingerprint density at radius 1 is 0.609 bits per heavy atom. The van der Waals surface area contributed by atoms with Crippen LogP contribution in [0.25, 0.3) is 0 Å². The molecule has 2 saturated heterocycles. The molecule has 0 saturated carbocycles. The van der Waals surface area contributed by atoms with E-state index in [0.717, 1.165) is 0 Å². The molecule has 2 heterocycles. The quantitative estimate of drug-likeness (QED) is 0.0166. The van der Waals surface area contributed by atoms with Crippen molar-refractivity contribution in [3.05, 3.63) is 0 Å². The van der Waals surface area contributed by atoms with Gasteiger partial charge in [0.25, 0.3) is 0 Å². The van der Waals surface area contributed by atoms with Crippen molar-refractivity contribution in [2.75, 3.05) is 31.9 Å². The van der Waals surface area contributed by atoms with E-state index >= 15 is 0 Å². The third-order valence-corrected chi connectivity index (χ3v) is 12.3. The molecule has 23 nitrogen and oxygen atoms in total. The van der Waals surface area contributed by atoms with E-state index in [2.05, 4.69) is 49.5 Å². The van der Waals surface area contributed by atoms with Gasteiger partial charge in [-0.1, -0.05) is 27.7 Å². The lowest BCUT2D eigenvalue weighted by molar-refractivity contribution is -0.143. The lowest BCUT2D eigenvalue weighted by Gasteiger charge is -2.31. The molecule has 24 heteroatoms. The first kappa shape index (κ1) is 59.9. The van der Waals surface area contributed by atoms with E-state index in [1.165, 1.54) is 23.6 Å². The van der Waals surface area contributed by atoms with Gasteiger partial charge in [-0.3, -0.25) is 43.3 Å². The SMILES string of the molecule is CC(C)C[C@H](NC(=O)[C@@H]1CCCN1C(=O)[C@H](C)NC(=O)[C@H](CCCCN)NC(=O)[C@H](C)NC(=O)[C@@H]1CCCN1C(=O)[C@H](CC(C)C)NC(=O)[C@@H](N)CCCN=C(N)N)C(=O)N[C@@H](CCCS)C(=O)O. The summed E-state index contributed by atoms with van der Waals surface area (Å²) >= 11 is 4.12. The Bertz CT molecular complexity index is 1780. The molecule has 0 aromatic carbocycles. The van der Waals surface area contributed by atoms with Crippen LogP contribution >= 0.6 is 12.6 Å². The number of hydrogen-bond donors (Lipinski definition) is 12. The Labute approximate surface area is 411 Å². The van der Waals surface area contributed by atoms with Crippen molar-refractivity contribution >= 4 is 71.8 Å². The van der Waals surface area contributed by atoms with Crippen LogP contribution in [0.15, 0.2) is 4.99 Å². The smallest absolute Gasteiger partial charge is 0.326 e. The third-order valence-electron chi connectivity index (χ3n) is 12.0. The Morgan fingerprint density at radius 3 is 1.68 bits per heavy atom. The number of nitrogens with zero attached hydrogens (tertiary/aromatic N) is 3. The molecule has 0 aromatic rings. The normalized spacial score (nSPS) is 18.8. The molecular weight excluding hydrogens is 915 g/mol. The number of carbonyl (C=O) groups excluding carboxylic acids is 8. The number of likely N-dealkylation sites (tertiary alicyclic amines) is 2. The topological polar surface area (TPSA) is 369 Å². The van der Waals surface area contributed by atoms with Crippen molar-refractivity contribution in [1.82, 2.24) is 41.7 Å². The minimum absolute atomic E-state index is 0.000293. The second kappa shape index (κ2) is 30.4. The van der Waals surface area contributed by atoms with Gasteiger partial charge in [0.05, 0.1) is 6.04 Å². The monoisotopic (exact) mass is 996 g/mol. The second-order valence-corrected chi connectivity index (χ2v) is 19.3. The number of amides is 8. The maximum atomic E-state index is 13.9. The molecule has 0 unspecified atom stereocenters. The predicted octanol–water partition coefficient (Wildman–Crippen LogP) is -1.69. The molecule has 15 N–H and O–H groups in total. The number of thiol groups is 1. The van der Waals surface area contributed by atoms with Crippen molar-refractivity contribution in [1.29, 1.82) is 0 Å². The Hall–Kier alpha value is -5.23. The number of carboxylic acids is 1. The minimum atomic E-state index is -1.21. The number of unbranched alkanes of at least 4 members (excludes halogenated alkanes) is 1. The van der Waals surface area contributed by atoms with Crippen molar-refractivity contribution in [2.45, 2.75) is 179 Å². The van der Waals surface area contributed by atoms with Crippen LogP contribution < -0.4 is 54.8 Å². The van der Waals surface area contributed by atoms with Gasteiger partial charge in [0.1, 0.15) is 48.3 Å². The van der Waals surface area contributed by atoms with Crippen LogP contribution in [0, 0.1) is 11.8 Å². The highest BCUT2D eigenvalue weighted by Gasteiger charge is 2.41. The zero-order valence-corrected chi connectivity index (χ0v) is 42.2. The van der Waals surface area contributed by atoms with E-state index in [0.29, 0.717) is 57.2 Å². The van der Waals surface area contributed by atoms with E-state index < -0.39 is 108 Å². The zero-order chi connectivity index (χ0) is 52.0. The van der Waals surface area contributed by atoms with Gasteiger partial charge in [-0.25, -0.2) is 4.79 Å². The van der Waals surface area contributed by atoms with Crippen LogP contribution in [0.2, 0.25) is 0 Å². The molecule has 8 amide bonds. The van der Waals surface area contributed by atoms with Crippen molar-refractivity contribution in [3.8, 4) is 0 Å². The van der Waals surface area contributed by atoms with Crippen molar-refractivity contribution < 1.29 is 48.3 Å². The Kier molecular flexibility index (Phi) is 26.4. The maximum absolute atomic E-state index is 13.9. The molecule has 0 aromatic heterocycles. The molecule has 9 atom stereocenters. The molecule has 0 spiro atoms. The summed E-state index contributed by atoms with van der Waals surface area (Å²) in [4.78, 5) is 127. The van der Waals surface area contributed by atoms with E-state index in [1.54, 1.807) is 0 Å². The number of guanidine groups is 1. The number of aliphatic carboxylic acids is 1. The summed E-state index contributed by atoms with van der Waals surface area (Å²) in [6.45, 7) is 11.4. The summed E-state index contributed by atoms with van der Waals surface area (Å²) < 4.78 is 0. The van der Waals surface area contributed by atoms with Gasteiger partial charge in [-0.05, 0) is 121 Å². The van der Waals surface area contributed by atoms with Crippen molar-refractivity contribution in [3.63, 3.8) is 0 Å². The van der Waals surface area contributed by atoms with E-state index in [9.17, 15) is 48.3 Å². The first-order chi connectivity index (χ1) is 32.5. The van der Waals surface area contributed by atoms with Gasteiger partial charge < -0.3 is 69.7 Å². The summed E-state index contributed by atoms with van der Waals surface area (Å²) in [5.41, 5.74) is 22.5. The number of carbonyl (C=O) groups is 9. The van der Waals surface area contributed by atoms with Gasteiger partial charge in [0, 0.05) is 19.6 Å². The summed E-state index contributed by atoms with van der Waals surface area (Å²) in [7, 11) is 0. The highest BCUT2D eigenvalue weighted by Crippen LogP contribution is 2.22. The summed E-state index contributed by atoms with van der Waals surface area (Å²) in [5, 5.41) is 25.7. The molecule has 2 aliphatic heterocycles. The maximum Gasteiger partial charge on any atom is 0.326 e. The predicted molar refractivity (Wildman–Crippen MR) is 263 cm³/mol. The van der Waals surface area contributed by atoms with Crippen LogP contribution in [-0.4, -0.2) is 160 Å². The van der Waals surface area contributed by atoms with Gasteiger partial charge >= 0.3 is 5.97 Å². The number of nitrogens with two attached hydrogens (primary N) is 4. The van der Waals surface area contributed by atoms with Crippen LogP contribution in [0.3, 0.4) is 0 Å². The van der Waals surface area contributed by atoms with Crippen molar-refractivity contribution in [2.24, 2.45) is 39.8 Å². The fourth-order valence-corrected chi connectivity index (χ4v) is 8.46. The average molecular weight is 996 g/mol. The third kappa shape index (κ3) is 20.3. The van der Waals surface area contributed by atoms with E-state index in [4.69, 9.17) is 22.9 Å². The summed E-state index contributed by atoms with van der Waals surface area (Å²) in [6.07, 6.45) is 4.51. The molecule has 392 valence electrons. The Morgan fingerprint density at radius 2 is 1.13 bits per heavy atom. The van der Waals surface area contributed by atoms with E-state index in [1.807, 2.05) is 27.7 Å². The van der Waals surface area contributed by atoms with Gasteiger partial charge in [0.2, 0.25) is 47.3 Å². The highest BCUT2D eigenvalue weighted by molar-refractivity contribution is 7.80. The minimum Gasteiger partial charge on any atom is -0.480 e. The molecule has 2 aliphatic rings. The second-order valence-electron chi connectivity index (χ2n) is 18.9. The zero-order valence-electron chi connectivity index (χ0n) is 41.3. The molecule has 69 heavy (non-hydrogen) atoms. The fourth-order valence-electron chi connectivity index (χ4n) is 8.28. The van der Waals surface area contributed by atoms with Gasteiger partial charge in [-0.15, -0.1) is 0 Å². The van der Waals surface area contributed by atoms with Crippen LogP contribution in [0.1, 0.15) is 125 Å². The van der Waals surface area contributed by atoms with Gasteiger partial charge in [0.15, 0.2) is 5.96 Å². The average Bonchev–Trinajstić information content (AvgIpc) is 3.98. The molecule has 0 bridgehead atoms. The van der Waals surface area contributed by atoms with Crippen LogP contribution in [0.4, 0.5) is 0 Å². The van der Waals surface area contributed by atoms with E-state index in [-0.39, 0.29) is 76.0 Å². The number of hydrogen-bond acceptors (Lipinski definition) is 13. The van der Waals surface area contributed by atoms with Crippen LogP contribution in [0.5, 0.6) is 0 Å². The molecule has 0 radical (unpaired) electrons. The molecule has 2 rings (SSSR count). The molecule has 2 fully saturated rings. The Balaban J connectivity index is 2.12. The number of nitrogens with one attached hydrogen (secondary N) is 6. The standard InChI is InChI=1S/C45H81N13O10S/c1-25(2)23-32(39(62)54-31(44(67)68)15-12-22-69)55-41(64)35-17-10-20-57(35)42(65)28(6)52-38(61)30(14-7-8-18-46)53-36(59)27(5)51-40(63)34-16-11-21-58(34)43(66)33(24-26(3)4)56-37(60)29(47)13-9-19-50-45(48)49/h25-35,69H,7-24,46-47H2,1-6H3,(H,51,63)(H,52,61)(H,53,59)(H,54,62)(H,55,64)(H,56,60)(H,67,68)(H4,48,49,50)/t27-,28-,29-,30-,31-,32-,33-,34-,35-/m0/s1. The highest BCUT2D eigenvalue weighted by atomic mass is 32.1.